The van der Waals surface area contributed by atoms with Crippen LogP contribution in [0, 0.1) is 5.82 Å². The fraction of sp³-hybridized carbons (Fsp3) is 0.538. The third kappa shape index (κ3) is 2.42. The first-order chi connectivity index (χ1) is 8.13. The standard InChI is InChI=1S/C13H19FN2O/c1-10-8-15(2)6-7-16(10)13-5-3-4-12(14)11(13)9-17/h3-5,10,17H,6-9H2,1-2H3. The van der Waals surface area contributed by atoms with Gasteiger partial charge < -0.3 is 14.9 Å². The minimum Gasteiger partial charge on any atom is -0.391 e. The van der Waals surface area contributed by atoms with E-state index in [1.807, 2.05) is 6.07 Å². The van der Waals surface area contributed by atoms with Crippen LogP contribution in [-0.2, 0) is 6.61 Å². The highest BCUT2D eigenvalue weighted by molar-refractivity contribution is 5.55. The number of anilines is 1. The maximum absolute atomic E-state index is 13.6. The van der Waals surface area contributed by atoms with Crippen LogP contribution in [0.5, 0.6) is 0 Å². The predicted molar refractivity (Wildman–Crippen MR) is 66.6 cm³/mol. The number of hydrogen-bond acceptors (Lipinski definition) is 3. The minimum absolute atomic E-state index is 0.249. The molecular formula is C13H19FN2O. The fourth-order valence-electron chi connectivity index (χ4n) is 2.47. The summed E-state index contributed by atoms with van der Waals surface area (Å²) in [5.74, 6) is -0.323. The molecule has 0 spiro atoms. The zero-order chi connectivity index (χ0) is 12.4. The minimum atomic E-state index is -0.323. The SMILES string of the molecule is CC1CN(C)CCN1c1cccc(F)c1CO. The summed E-state index contributed by atoms with van der Waals surface area (Å²) in [7, 11) is 2.09. The molecule has 1 fully saturated rings. The number of hydrogen-bond donors (Lipinski definition) is 1. The number of piperazine rings is 1. The maximum atomic E-state index is 13.6. The molecule has 0 amide bonds. The lowest BCUT2D eigenvalue weighted by Gasteiger charge is -2.40. The monoisotopic (exact) mass is 238 g/mol. The van der Waals surface area contributed by atoms with Crippen molar-refractivity contribution in [2.45, 2.75) is 19.6 Å². The molecule has 0 radical (unpaired) electrons. The van der Waals surface area contributed by atoms with Gasteiger partial charge in [-0.15, -0.1) is 0 Å². The van der Waals surface area contributed by atoms with Gasteiger partial charge >= 0.3 is 0 Å². The Balaban J connectivity index is 2.30. The summed E-state index contributed by atoms with van der Waals surface area (Å²) in [6.45, 7) is 4.67. The van der Waals surface area contributed by atoms with Gasteiger partial charge in [-0.3, -0.25) is 0 Å². The van der Waals surface area contributed by atoms with Crippen molar-refractivity contribution in [3.63, 3.8) is 0 Å². The summed E-state index contributed by atoms with van der Waals surface area (Å²) in [6, 6.07) is 5.32. The fourth-order valence-corrected chi connectivity index (χ4v) is 2.47. The molecule has 1 aliphatic rings. The van der Waals surface area contributed by atoms with Crippen LogP contribution in [0.25, 0.3) is 0 Å². The lowest BCUT2D eigenvalue weighted by atomic mass is 10.1. The van der Waals surface area contributed by atoms with Gasteiger partial charge in [0.05, 0.1) is 6.61 Å². The van der Waals surface area contributed by atoms with Gasteiger partial charge in [0.15, 0.2) is 0 Å². The molecule has 1 N–H and O–H groups in total. The smallest absolute Gasteiger partial charge is 0.130 e. The molecule has 4 heteroatoms. The second-order valence-electron chi connectivity index (χ2n) is 4.70. The lowest BCUT2D eigenvalue weighted by Crippen LogP contribution is -2.50. The van der Waals surface area contributed by atoms with Crippen molar-refractivity contribution in [1.82, 2.24) is 4.90 Å². The van der Waals surface area contributed by atoms with E-state index >= 15 is 0 Å². The highest BCUT2D eigenvalue weighted by Gasteiger charge is 2.24. The van der Waals surface area contributed by atoms with Crippen molar-refractivity contribution < 1.29 is 9.50 Å². The van der Waals surface area contributed by atoms with Crippen LogP contribution in [0.3, 0.4) is 0 Å². The summed E-state index contributed by atoms with van der Waals surface area (Å²) in [4.78, 5) is 4.44. The van der Waals surface area contributed by atoms with Crippen molar-refractivity contribution in [1.29, 1.82) is 0 Å². The molecule has 3 nitrogen and oxygen atoms in total. The molecule has 1 heterocycles. The van der Waals surface area contributed by atoms with Crippen LogP contribution >= 0.6 is 0 Å². The van der Waals surface area contributed by atoms with Crippen LogP contribution in [0.15, 0.2) is 18.2 Å². The van der Waals surface area contributed by atoms with Gasteiger partial charge in [0, 0.05) is 36.9 Å². The number of aliphatic hydroxyl groups is 1. The molecule has 0 bridgehead atoms. The first-order valence-electron chi connectivity index (χ1n) is 5.97. The Labute approximate surface area is 101 Å². The highest BCUT2D eigenvalue weighted by atomic mass is 19.1. The number of aliphatic hydroxyl groups excluding tert-OH is 1. The number of nitrogens with zero attached hydrogens (tertiary/aromatic N) is 2. The Hall–Kier alpha value is -1.13. The van der Waals surface area contributed by atoms with Crippen LogP contribution in [0.4, 0.5) is 10.1 Å². The number of likely N-dealkylation sites (N-methyl/N-ethyl adjacent to an activating group) is 1. The lowest BCUT2D eigenvalue weighted by molar-refractivity contribution is 0.266. The van der Waals surface area contributed by atoms with Crippen LogP contribution in [-0.4, -0.2) is 42.7 Å². The second-order valence-corrected chi connectivity index (χ2v) is 4.70. The van der Waals surface area contributed by atoms with Crippen molar-refractivity contribution >= 4 is 5.69 Å². The van der Waals surface area contributed by atoms with Crippen molar-refractivity contribution in [3.8, 4) is 0 Å². The summed E-state index contributed by atoms with van der Waals surface area (Å²) >= 11 is 0. The van der Waals surface area contributed by atoms with E-state index in [1.54, 1.807) is 6.07 Å². The quantitative estimate of drug-likeness (QED) is 0.845. The van der Waals surface area contributed by atoms with Gasteiger partial charge in [0.25, 0.3) is 0 Å². The van der Waals surface area contributed by atoms with Crippen LogP contribution < -0.4 is 4.90 Å². The molecule has 2 rings (SSSR count). The van der Waals surface area contributed by atoms with Crippen LogP contribution in [0.2, 0.25) is 0 Å². The average molecular weight is 238 g/mol. The van der Waals surface area contributed by atoms with Gasteiger partial charge in [-0.2, -0.15) is 0 Å². The van der Waals surface area contributed by atoms with E-state index in [0.29, 0.717) is 11.6 Å². The van der Waals surface area contributed by atoms with E-state index in [4.69, 9.17) is 0 Å². The zero-order valence-electron chi connectivity index (χ0n) is 10.4. The molecule has 17 heavy (non-hydrogen) atoms. The predicted octanol–water partition coefficient (Wildman–Crippen LogP) is 1.46. The molecule has 0 saturated carbocycles. The second kappa shape index (κ2) is 5.02. The Bertz CT molecular complexity index is 397. The summed E-state index contributed by atoms with van der Waals surface area (Å²) in [5.41, 5.74) is 1.23. The van der Waals surface area contributed by atoms with E-state index in [1.165, 1.54) is 6.07 Å². The zero-order valence-corrected chi connectivity index (χ0v) is 10.4. The summed E-state index contributed by atoms with van der Waals surface area (Å²) in [5, 5.41) is 9.29. The third-order valence-electron chi connectivity index (χ3n) is 3.39. The highest BCUT2D eigenvalue weighted by Crippen LogP contribution is 2.26. The van der Waals surface area contributed by atoms with Gasteiger partial charge in [-0.25, -0.2) is 4.39 Å². The van der Waals surface area contributed by atoms with Gasteiger partial charge in [0.2, 0.25) is 0 Å². The molecule has 1 saturated heterocycles. The normalized spacial score (nSPS) is 21.9. The molecule has 94 valence electrons. The Morgan fingerprint density at radius 1 is 1.41 bits per heavy atom. The van der Waals surface area contributed by atoms with Crippen molar-refractivity contribution in [3.05, 3.63) is 29.6 Å². The number of benzene rings is 1. The van der Waals surface area contributed by atoms with Gasteiger partial charge in [0.1, 0.15) is 5.82 Å². The van der Waals surface area contributed by atoms with E-state index < -0.39 is 0 Å². The van der Waals surface area contributed by atoms with Crippen molar-refractivity contribution in [2.75, 3.05) is 31.6 Å². The van der Waals surface area contributed by atoms with E-state index in [-0.39, 0.29) is 12.4 Å². The first kappa shape index (κ1) is 12.3. The molecule has 1 unspecified atom stereocenters. The van der Waals surface area contributed by atoms with Gasteiger partial charge in [-0.05, 0) is 26.1 Å². The topological polar surface area (TPSA) is 26.7 Å². The maximum Gasteiger partial charge on any atom is 0.130 e. The third-order valence-corrected chi connectivity index (χ3v) is 3.39. The number of rotatable bonds is 2. The molecule has 1 aromatic carbocycles. The Kier molecular flexibility index (Phi) is 3.64. The molecule has 1 atom stereocenters. The average Bonchev–Trinajstić information content (AvgIpc) is 2.29. The van der Waals surface area contributed by atoms with E-state index in [0.717, 1.165) is 25.3 Å². The summed E-state index contributed by atoms with van der Waals surface area (Å²) < 4.78 is 13.6. The molecule has 0 aromatic heterocycles. The summed E-state index contributed by atoms with van der Waals surface area (Å²) in [6.07, 6.45) is 0. The molecular weight excluding hydrogens is 219 g/mol. The first-order valence-corrected chi connectivity index (χ1v) is 5.97. The largest absolute Gasteiger partial charge is 0.391 e. The number of halogens is 1. The molecule has 1 aromatic rings. The van der Waals surface area contributed by atoms with E-state index in [2.05, 4.69) is 23.8 Å². The van der Waals surface area contributed by atoms with E-state index in [9.17, 15) is 9.50 Å². The Morgan fingerprint density at radius 3 is 2.82 bits per heavy atom. The molecule has 0 aliphatic carbocycles. The Morgan fingerprint density at radius 2 is 2.18 bits per heavy atom. The van der Waals surface area contributed by atoms with Crippen LogP contribution in [0.1, 0.15) is 12.5 Å². The van der Waals surface area contributed by atoms with Crippen molar-refractivity contribution in [2.24, 2.45) is 0 Å². The van der Waals surface area contributed by atoms with Gasteiger partial charge in [-0.1, -0.05) is 6.07 Å². The molecule has 1 aliphatic heterocycles.